The highest BCUT2D eigenvalue weighted by molar-refractivity contribution is 7.09. The number of allylic oxidation sites excluding steroid dienone is 1. The molecule has 33 heavy (non-hydrogen) atoms. The normalized spacial score (nSPS) is 31.8. The Kier molecular flexibility index (Phi) is 10.0. The molecule has 2 heterocycles. The molecule has 0 radical (unpaired) electrons. The third-order valence-corrected chi connectivity index (χ3v) is 7.61. The van der Waals surface area contributed by atoms with Gasteiger partial charge in [-0.2, -0.15) is 0 Å². The topological polar surface area (TPSA) is 99.5 Å². The summed E-state index contributed by atoms with van der Waals surface area (Å²) in [6, 6.07) is -0.227. The number of aliphatic hydroxyl groups is 2. The summed E-state index contributed by atoms with van der Waals surface area (Å²) >= 11 is 1.58. The number of nitrogens with zero attached hydrogens (tertiary/aromatic N) is 1. The summed E-state index contributed by atoms with van der Waals surface area (Å²) in [7, 11) is 0. The number of carbonyl (C=O) groups excluding carboxylic acids is 2. The van der Waals surface area contributed by atoms with E-state index < -0.39 is 23.5 Å². The molecule has 0 bridgehead atoms. The van der Waals surface area contributed by atoms with Crippen molar-refractivity contribution >= 4 is 29.1 Å². The summed E-state index contributed by atoms with van der Waals surface area (Å²) in [5, 5.41) is 27.5. The molecule has 1 aliphatic rings. The van der Waals surface area contributed by atoms with Gasteiger partial charge in [-0.05, 0) is 57.1 Å². The number of thiazole rings is 1. The van der Waals surface area contributed by atoms with Crippen molar-refractivity contribution in [3.05, 3.63) is 33.8 Å². The first-order valence-corrected chi connectivity index (χ1v) is 12.8. The predicted octanol–water partition coefficient (Wildman–Crippen LogP) is 4.45. The summed E-state index contributed by atoms with van der Waals surface area (Å²) in [6.45, 7) is 10.9. The largest absolute Gasteiger partial charge is 0.392 e. The van der Waals surface area contributed by atoms with Gasteiger partial charge in [0.05, 0.1) is 40.8 Å². The van der Waals surface area contributed by atoms with Gasteiger partial charge in [-0.25, -0.2) is 4.98 Å². The summed E-state index contributed by atoms with van der Waals surface area (Å²) in [5.41, 5.74) is 0.704. The van der Waals surface area contributed by atoms with Gasteiger partial charge in [-0.15, -0.1) is 11.3 Å². The number of aryl methyl sites for hydroxylation is 1. The Bertz CT molecular complexity index is 873. The highest BCUT2D eigenvalue weighted by Gasteiger charge is 2.42. The zero-order valence-electron chi connectivity index (χ0n) is 20.8. The van der Waals surface area contributed by atoms with Crippen LogP contribution in [0.15, 0.2) is 23.1 Å². The van der Waals surface area contributed by atoms with Crippen LogP contribution < -0.4 is 5.32 Å². The van der Waals surface area contributed by atoms with Crippen LogP contribution >= 0.6 is 11.3 Å². The van der Waals surface area contributed by atoms with E-state index in [4.69, 9.17) is 0 Å². The van der Waals surface area contributed by atoms with Crippen LogP contribution in [0.25, 0.3) is 6.08 Å². The Morgan fingerprint density at radius 1 is 1.24 bits per heavy atom. The average molecular weight is 477 g/mol. The van der Waals surface area contributed by atoms with Crippen LogP contribution in [0.2, 0.25) is 0 Å². The minimum atomic E-state index is -1.15. The van der Waals surface area contributed by atoms with E-state index in [9.17, 15) is 19.8 Å². The number of rotatable bonds is 2. The van der Waals surface area contributed by atoms with Crippen molar-refractivity contribution in [3.8, 4) is 0 Å². The third kappa shape index (κ3) is 7.59. The molecular weight excluding hydrogens is 436 g/mol. The summed E-state index contributed by atoms with van der Waals surface area (Å²) < 4.78 is 0. The first kappa shape index (κ1) is 27.4. The summed E-state index contributed by atoms with van der Waals surface area (Å²) in [5.74, 6) is -1.17. The minimum absolute atomic E-state index is 0.0269. The number of ketones is 1. The van der Waals surface area contributed by atoms with Crippen molar-refractivity contribution in [2.75, 3.05) is 0 Å². The van der Waals surface area contributed by atoms with Crippen LogP contribution in [0.3, 0.4) is 0 Å². The van der Waals surface area contributed by atoms with E-state index in [-0.39, 0.29) is 30.1 Å². The van der Waals surface area contributed by atoms with E-state index in [0.29, 0.717) is 6.42 Å². The first-order chi connectivity index (χ1) is 15.4. The molecule has 0 aromatic carbocycles. The molecule has 3 N–H and O–H groups in total. The molecule has 1 amide bonds. The van der Waals surface area contributed by atoms with Gasteiger partial charge in [-0.3, -0.25) is 9.59 Å². The fourth-order valence-corrected chi connectivity index (χ4v) is 4.87. The second kappa shape index (κ2) is 12.0. The number of carbonyl (C=O) groups is 2. The van der Waals surface area contributed by atoms with Crippen molar-refractivity contribution in [2.45, 2.75) is 91.9 Å². The second-order valence-corrected chi connectivity index (χ2v) is 11.1. The molecule has 1 aromatic rings. The lowest BCUT2D eigenvalue weighted by Crippen LogP contribution is -2.47. The first-order valence-electron chi connectivity index (χ1n) is 11.9. The van der Waals surface area contributed by atoms with Gasteiger partial charge >= 0.3 is 0 Å². The van der Waals surface area contributed by atoms with Gasteiger partial charge in [-0.1, -0.05) is 39.8 Å². The molecule has 0 fully saturated rings. The number of nitrogens with one attached hydrogen (secondary N) is 1. The zero-order valence-corrected chi connectivity index (χ0v) is 21.6. The molecule has 6 nitrogen and oxygen atoms in total. The number of Topliss-reactive ketones (excluding diaryl/α,β-unsaturated/α-hetero) is 1. The third-order valence-electron chi connectivity index (χ3n) is 6.82. The van der Waals surface area contributed by atoms with E-state index in [1.54, 1.807) is 32.1 Å². The Morgan fingerprint density at radius 2 is 1.94 bits per heavy atom. The maximum absolute atomic E-state index is 13.1. The maximum Gasteiger partial charge on any atom is 0.223 e. The molecule has 1 aliphatic heterocycles. The zero-order chi connectivity index (χ0) is 24.8. The van der Waals surface area contributed by atoms with E-state index in [2.05, 4.69) is 22.5 Å². The lowest BCUT2D eigenvalue weighted by Gasteiger charge is -2.34. The standard InChI is InChI=1S/C26H40N2O4S/c1-16-11-9-7-8-10-12-21(17(2)13-20-15-33-19(4)27-20)28-23(30)14-22(29)26(5,6)25(32)18(3)24(16)31/h8,10,13,15-16,18,21-22,24,29,31H,7,9,11-12,14H2,1-6H3,(H,28,30)/b10-8+,17-13+/t16-,18+,21?,22-,24-/m0/s1. The molecule has 184 valence electrons. The Balaban J connectivity index is 2.27. The van der Waals surface area contributed by atoms with Crippen molar-refractivity contribution < 1.29 is 19.8 Å². The summed E-state index contributed by atoms with van der Waals surface area (Å²) in [4.78, 5) is 30.5. The molecule has 2 rings (SSSR count). The number of aliphatic hydroxyl groups excluding tert-OH is 2. The van der Waals surface area contributed by atoms with Crippen LogP contribution in [0, 0.1) is 24.2 Å². The van der Waals surface area contributed by atoms with Crippen LogP contribution in [-0.4, -0.2) is 45.1 Å². The average Bonchev–Trinajstić information content (AvgIpc) is 3.16. The van der Waals surface area contributed by atoms with Crippen molar-refractivity contribution in [1.82, 2.24) is 10.3 Å². The van der Waals surface area contributed by atoms with Gasteiger partial charge in [0.2, 0.25) is 5.91 Å². The van der Waals surface area contributed by atoms with E-state index in [1.165, 1.54) is 0 Å². The Labute approximate surface area is 202 Å². The monoisotopic (exact) mass is 476 g/mol. The fraction of sp³-hybridized carbons (Fsp3) is 0.654. The highest BCUT2D eigenvalue weighted by Crippen LogP contribution is 2.31. The number of hydrogen-bond acceptors (Lipinski definition) is 6. The number of amides is 1. The van der Waals surface area contributed by atoms with E-state index in [0.717, 1.165) is 35.5 Å². The van der Waals surface area contributed by atoms with Crippen molar-refractivity contribution in [1.29, 1.82) is 0 Å². The van der Waals surface area contributed by atoms with Gasteiger partial charge in [0, 0.05) is 11.3 Å². The molecule has 5 atom stereocenters. The molecule has 1 unspecified atom stereocenters. The van der Waals surface area contributed by atoms with Gasteiger partial charge in [0.1, 0.15) is 5.78 Å². The summed E-state index contributed by atoms with van der Waals surface area (Å²) in [6.07, 6.45) is 7.29. The lowest BCUT2D eigenvalue weighted by atomic mass is 9.73. The number of hydrogen-bond donors (Lipinski definition) is 3. The smallest absolute Gasteiger partial charge is 0.223 e. The van der Waals surface area contributed by atoms with Crippen molar-refractivity contribution in [3.63, 3.8) is 0 Å². The predicted molar refractivity (Wildman–Crippen MR) is 134 cm³/mol. The maximum atomic E-state index is 13.1. The van der Waals surface area contributed by atoms with Crippen LogP contribution in [0.4, 0.5) is 0 Å². The van der Waals surface area contributed by atoms with Crippen LogP contribution in [-0.2, 0) is 9.59 Å². The Morgan fingerprint density at radius 3 is 2.58 bits per heavy atom. The molecule has 0 saturated heterocycles. The fourth-order valence-electron chi connectivity index (χ4n) is 4.30. The van der Waals surface area contributed by atoms with E-state index >= 15 is 0 Å². The van der Waals surface area contributed by atoms with Crippen LogP contribution in [0.5, 0.6) is 0 Å². The second-order valence-electron chi connectivity index (χ2n) is 10.0. The Hall–Kier alpha value is -1.83. The van der Waals surface area contributed by atoms with E-state index in [1.807, 2.05) is 32.2 Å². The highest BCUT2D eigenvalue weighted by atomic mass is 32.1. The van der Waals surface area contributed by atoms with Crippen molar-refractivity contribution in [2.24, 2.45) is 17.3 Å². The molecular formula is C26H40N2O4S. The number of aromatic nitrogens is 1. The van der Waals surface area contributed by atoms with Crippen LogP contribution in [0.1, 0.15) is 77.4 Å². The molecule has 0 saturated carbocycles. The molecule has 7 heteroatoms. The van der Waals surface area contributed by atoms with Gasteiger partial charge in [0.15, 0.2) is 0 Å². The van der Waals surface area contributed by atoms with Gasteiger partial charge < -0.3 is 15.5 Å². The minimum Gasteiger partial charge on any atom is -0.392 e. The molecule has 0 aliphatic carbocycles. The quantitative estimate of drug-likeness (QED) is 0.548. The molecule has 0 spiro atoms. The molecule has 1 aromatic heterocycles. The lowest BCUT2D eigenvalue weighted by molar-refractivity contribution is -0.143. The SMILES string of the molecule is C/C(=C\c1csc(C)n1)C1C/C=C/CCC[C@H](C)[C@H](O)[C@@H](C)C(=O)C(C)(C)[C@@H](O)CC(=O)N1. The van der Waals surface area contributed by atoms with Gasteiger partial charge in [0.25, 0.3) is 0 Å².